The molecule has 22 heavy (non-hydrogen) atoms. The Morgan fingerprint density at radius 3 is 2.23 bits per heavy atom. The molecule has 1 amide bonds. The normalized spacial score (nSPS) is 15.5. The lowest BCUT2D eigenvalue weighted by atomic mass is 10.1. The summed E-state index contributed by atoms with van der Waals surface area (Å²) < 4.78 is 10.3. The number of nitrogens with one attached hydrogen (secondary N) is 1. The number of methoxy groups -OCH3 is 1. The molecular formula is C14H26N2O6. The molecule has 0 heterocycles. The summed E-state index contributed by atoms with van der Waals surface area (Å²) in [6.07, 6.45) is -0.891. The van der Waals surface area contributed by atoms with E-state index in [2.05, 4.69) is 10.1 Å². The first-order chi connectivity index (χ1) is 9.97. The fourth-order valence-electron chi connectivity index (χ4n) is 1.79. The molecule has 0 aliphatic heterocycles. The maximum Gasteiger partial charge on any atom is 0.331 e. The Kier molecular flexibility index (Phi) is 8.04. The summed E-state index contributed by atoms with van der Waals surface area (Å²) in [6.45, 7) is 7.09. The molecule has 0 fully saturated rings. The van der Waals surface area contributed by atoms with E-state index in [1.54, 1.807) is 6.92 Å². The van der Waals surface area contributed by atoms with Crippen LogP contribution in [-0.2, 0) is 23.9 Å². The van der Waals surface area contributed by atoms with Gasteiger partial charge in [-0.05, 0) is 34.1 Å². The predicted molar refractivity (Wildman–Crippen MR) is 79.1 cm³/mol. The number of ether oxygens (including phenoxy) is 2. The Balaban J connectivity index is 4.81. The standard InChI is InChI=1S/C14H26N2O6/c1-8(22-14(2,3)4)11(13(20)21-5)16-12(19)9(15)6-7-10(17)18/h8-9,11H,6-7,15H2,1-5H3,(H,16,19)(H,17,18). The summed E-state index contributed by atoms with van der Waals surface area (Å²) in [6, 6.07) is -2.04. The molecule has 128 valence electrons. The molecule has 3 unspecified atom stereocenters. The smallest absolute Gasteiger partial charge is 0.331 e. The zero-order valence-electron chi connectivity index (χ0n) is 13.7. The number of hydrogen-bond acceptors (Lipinski definition) is 6. The number of carboxylic acids is 1. The third kappa shape index (κ3) is 7.94. The first-order valence-corrected chi connectivity index (χ1v) is 7.01. The summed E-state index contributed by atoms with van der Waals surface area (Å²) in [4.78, 5) is 34.3. The molecule has 0 aliphatic rings. The minimum atomic E-state index is -1.04. The lowest BCUT2D eigenvalue weighted by Crippen LogP contribution is -2.54. The van der Waals surface area contributed by atoms with Crippen LogP contribution in [0.5, 0.6) is 0 Å². The van der Waals surface area contributed by atoms with Gasteiger partial charge < -0.3 is 25.6 Å². The van der Waals surface area contributed by atoms with Gasteiger partial charge in [-0.15, -0.1) is 0 Å². The first kappa shape index (κ1) is 20.3. The zero-order chi connectivity index (χ0) is 17.5. The van der Waals surface area contributed by atoms with Crippen LogP contribution in [-0.4, -0.2) is 53.9 Å². The van der Waals surface area contributed by atoms with E-state index in [1.165, 1.54) is 7.11 Å². The lowest BCUT2D eigenvalue weighted by molar-refractivity contribution is -0.153. The molecule has 0 aliphatic carbocycles. The summed E-state index contributed by atoms with van der Waals surface area (Å²) >= 11 is 0. The van der Waals surface area contributed by atoms with Crippen molar-refractivity contribution in [2.75, 3.05) is 7.11 Å². The van der Waals surface area contributed by atoms with Gasteiger partial charge in [-0.25, -0.2) is 4.79 Å². The molecule has 0 saturated heterocycles. The van der Waals surface area contributed by atoms with Crippen LogP contribution in [0.3, 0.4) is 0 Å². The van der Waals surface area contributed by atoms with Crippen molar-refractivity contribution < 1.29 is 29.0 Å². The van der Waals surface area contributed by atoms with E-state index in [0.29, 0.717) is 0 Å². The van der Waals surface area contributed by atoms with Gasteiger partial charge in [-0.2, -0.15) is 0 Å². The van der Waals surface area contributed by atoms with Crippen LogP contribution < -0.4 is 11.1 Å². The van der Waals surface area contributed by atoms with Gasteiger partial charge in [0, 0.05) is 6.42 Å². The molecule has 0 radical (unpaired) electrons. The summed E-state index contributed by atoms with van der Waals surface area (Å²) in [5.41, 5.74) is 5.10. The first-order valence-electron chi connectivity index (χ1n) is 7.01. The molecule has 0 rings (SSSR count). The SMILES string of the molecule is COC(=O)C(NC(=O)C(N)CCC(=O)O)C(C)OC(C)(C)C. The number of rotatable bonds is 8. The number of aliphatic carboxylic acids is 1. The van der Waals surface area contributed by atoms with Crippen molar-refractivity contribution >= 4 is 17.8 Å². The van der Waals surface area contributed by atoms with E-state index in [4.69, 9.17) is 15.6 Å². The summed E-state index contributed by atoms with van der Waals surface area (Å²) in [5.74, 6) is -2.33. The number of amides is 1. The molecule has 8 heteroatoms. The lowest BCUT2D eigenvalue weighted by Gasteiger charge is -2.30. The van der Waals surface area contributed by atoms with Crippen molar-refractivity contribution in [3.05, 3.63) is 0 Å². The van der Waals surface area contributed by atoms with Crippen molar-refractivity contribution in [1.82, 2.24) is 5.32 Å². The van der Waals surface area contributed by atoms with E-state index in [1.807, 2.05) is 20.8 Å². The number of nitrogens with two attached hydrogens (primary N) is 1. The minimum absolute atomic E-state index is 0.0242. The van der Waals surface area contributed by atoms with Gasteiger partial charge in [-0.1, -0.05) is 0 Å². The van der Waals surface area contributed by atoms with Gasteiger partial charge in [0.1, 0.15) is 0 Å². The molecule has 3 atom stereocenters. The molecule has 0 saturated carbocycles. The Labute approximate surface area is 130 Å². The highest BCUT2D eigenvalue weighted by atomic mass is 16.5. The second kappa shape index (κ2) is 8.70. The van der Waals surface area contributed by atoms with E-state index >= 15 is 0 Å². The summed E-state index contributed by atoms with van der Waals surface area (Å²) in [7, 11) is 1.20. The van der Waals surface area contributed by atoms with Crippen molar-refractivity contribution in [2.24, 2.45) is 5.73 Å². The second-order valence-electron chi connectivity index (χ2n) is 5.98. The quantitative estimate of drug-likeness (QED) is 0.539. The van der Waals surface area contributed by atoms with Gasteiger partial charge in [0.05, 0.1) is 24.9 Å². The molecule has 0 aromatic rings. The van der Waals surface area contributed by atoms with Crippen LogP contribution in [0.4, 0.5) is 0 Å². The van der Waals surface area contributed by atoms with Gasteiger partial charge in [-0.3, -0.25) is 9.59 Å². The summed E-state index contributed by atoms with van der Waals surface area (Å²) in [5, 5.41) is 11.0. The number of hydrogen-bond donors (Lipinski definition) is 3. The highest BCUT2D eigenvalue weighted by Gasteiger charge is 2.32. The van der Waals surface area contributed by atoms with Crippen molar-refractivity contribution in [3.8, 4) is 0 Å². The number of carbonyl (C=O) groups is 3. The zero-order valence-corrected chi connectivity index (χ0v) is 13.7. The predicted octanol–water partition coefficient (Wildman–Crippen LogP) is 0.0399. The second-order valence-corrected chi connectivity index (χ2v) is 5.98. The molecule has 0 bridgehead atoms. The Bertz CT molecular complexity index is 405. The van der Waals surface area contributed by atoms with Gasteiger partial charge >= 0.3 is 11.9 Å². The Morgan fingerprint density at radius 1 is 1.27 bits per heavy atom. The average Bonchev–Trinajstić information content (AvgIpc) is 2.38. The Morgan fingerprint density at radius 2 is 1.82 bits per heavy atom. The van der Waals surface area contributed by atoms with E-state index in [-0.39, 0.29) is 12.8 Å². The molecule has 8 nitrogen and oxygen atoms in total. The molecule has 0 spiro atoms. The number of carbonyl (C=O) groups excluding carboxylic acids is 2. The van der Waals surface area contributed by atoms with Crippen molar-refractivity contribution in [1.29, 1.82) is 0 Å². The Hall–Kier alpha value is -1.67. The van der Waals surface area contributed by atoms with E-state index in [9.17, 15) is 14.4 Å². The van der Waals surface area contributed by atoms with Crippen molar-refractivity contribution in [2.45, 2.75) is 64.3 Å². The van der Waals surface area contributed by atoms with Gasteiger partial charge in [0.25, 0.3) is 0 Å². The minimum Gasteiger partial charge on any atom is -0.481 e. The maximum absolute atomic E-state index is 12.0. The van der Waals surface area contributed by atoms with Crippen LogP contribution in [0, 0.1) is 0 Å². The van der Waals surface area contributed by atoms with E-state index < -0.39 is 41.6 Å². The molecule has 0 aromatic carbocycles. The molecule has 0 aromatic heterocycles. The highest BCUT2D eigenvalue weighted by molar-refractivity contribution is 5.88. The van der Waals surface area contributed by atoms with Crippen LogP contribution in [0.2, 0.25) is 0 Å². The van der Waals surface area contributed by atoms with Gasteiger partial charge in [0.15, 0.2) is 6.04 Å². The molecule has 4 N–H and O–H groups in total. The topological polar surface area (TPSA) is 128 Å². The van der Waals surface area contributed by atoms with Crippen LogP contribution in [0.25, 0.3) is 0 Å². The van der Waals surface area contributed by atoms with E-state index in [0.717, 1.165) is 0 Å². The number of esters is 1. The fourth-order valence-corrected chi connectivity index (χ4v) is 1.79. The van der Waals surface area contributed by atoms with Gasteiger partial charge in [0.2, 0.25) is 5.91 Å². The number of carboxylic acid groups (broad SMARTS) is 1. The third-order valence-electron chi connectivity index (χ3n) is 2.77. The maximum atomic E-state index is 12.0. The average molecular weight is 318 g/mol. The third-order valence-corrected chi connectivity index (χ3v) is 2.77. The van der Waals surface area contributed by atoms with Crippen LogP contribution in [0.1, 0.15) is 40.5 Å². The fraction of sp³-hybridized carbons (Fsp3) is 0.786. The van der Waals surface area contributed by atoms with Crippen LogP contribution in [0.15, 0.2) is 0 Å². The highest BCUT2D eigenvalue weighted by Crippen LogP contribution is 2.14. The van der Waals surface area contributed by atoms with Crippen LogP contribution >= 0.6 is 0 Å². The molecular weight excluding hydrogens is 292 g/mol. The largest absolute Gasteiger partial charge is 0.481 e. The van der Waals surface area contributed by atoms with Crippen molar-refractivity contribution in [3.63, 3.8) is 0 Å². The monoisotopic (exact) mass is 318 g/mol.